The molecule has 9 heavy (non-hydrogen) atoms. The summed E-state index contributed by atoms with van der Waals surface area (Å²) in [4.78, 5) is 0. The van der Waals surface area contributed by atoms with Crippen LogP contribution in [0.2, 0.25) is 0 Å². The molecule has 0 aliphatic carbocycles. The number of allylic oxidation sites excluding steroid dienone is 1. The first-order chi connectivity index (χ1) is 4.34. The van der Waals surface area contributed by atoms with Gasteiger partial charge in [0.05, 0.1) is 0 Å². The zero-order chi connectivity index (χ0) is 6.69. The van der Waals surface area contributed by atoms with Gasteiger partial charge in [0.1, 0.15) is 0 Å². The van der Waals surface area contributed by atoms with E-state index in [2.05, 4.69) is 18.1 Å². The van der Waals surface area contributed by atoms with Crippen molar-refractivity contribution in [3.63, 3.8) is 0 Å². The molecule has 0 bridgehead atoms. The second-order valence-corrected chi connectivity index (χ2v) is 2.11. The summed E-state index contributed by atoms with van der Waals surface area (Å²) in [5.74, 6) is 0. The van der Waals surface area contributed by atoms with Gasteiger partial charge in [-0.05, 0) is 19.1 Å². The van der Waals surface area contributed by atoms with Gasteiger partial charge in [-0.25, -0.2) is 0 Å². The molecular formula is C8H11N. The van der Waals surface area contributed by atoms with Crippen molar-refractivity contribution in [3.05, 3.63) is 37.2 Å². The molecule has 0 unspecified atom stereocenters. The third-order valence-corrected chi connectivity index (χ3v) is 1.44. The van der Waals surface area contributed by atoms with E-state index < -0.39 is 0 Å². The van der Waals surface area contributed by atoms with Crippen molar-refractivity contribution in [1.82, 2.24) is 4.57 Å². The van der Waals surface area contributed by atoms with Gasteiger partial charge in [0.2, 0.25) is 0 Å². The van der Waals surface area contributed by atoms with Crippen LogP contribution in [0.25, 0.3) is 0 Å². The van der Waals surface area contributed by atoms with Gasteiger partial charge < -0.3 is 4.57 Å². The van der Waals surface area contributed by atoms with Crippen LogP contribution in [0.1, 0.15) is 13.0 Å². The molecule has 0 aliphatic rings. The largest absolute Gasteiger partial charge is 0.348 e. The Labute approximate surface area is 55.6 Å². The Bertz CT molecular complexity index is 174. The lowest BCUT2D eigenvalue weighted by atomic mass is 10.3. The maximum absolute atomic E-state index is 3.70. The van der Waals surface area contributed by atoms with E-state index in [1.165, 1.54) is 0 Å². The molecule has 1 rings (SSSR count). The molecule has 1 heterocycles. The molecule has 1 heteroatoms. The van der Waals surface area contributed by atoms with E-state index in [0.29, 0.717) is 6.04 Å². The molecule has 1 aromatic heterocycles. The summed E-state index contributed by atoms with van der Waals surface area (Å²) >= 11 is 0. The summed E-state index contributed by atoms with van der Waals surface area (Å²) in [6.45, 7) is 5.80. The van der Waals surface area contributed by atoms with Crippen LogP contribution in [0.15, 0.2) is 37.2 Å². The second kappa shape index (κ2) is 2.53. The van der Waals surface area contributed by atoms with Gasteiger partial charge in [-0.3, -0.25) is 0 Å². The van der Waals surface area contributed by atoms with Crippen LogP contribution < -0.4 is 0 Å². The van der Waals surface area contributed by atoms with Crippen LogP contribution in [-0.2, 0) is 0 Å². The normalized spacial score (nSPS) is 13.0. The third-order valence-electron chi connectivity index (χ3n) is 1.44. The van der Waals surface area contributed by atoms with Gasteiger partial charge in [0, 0.05) is 18.4 Å². The standard InChI is InChI=1S/C8H11N/c1-3-8(2)9-6-4-5-7-9/h3-8H,1H2,2H3/t8-/m0/s1. The Morgan fingerprint density at radius 2 is 2.00 bits per heavy atom. The van der Waals surface area contributed by atoms with Crippen LogP contribution in [-0.4, -0.2) is 4.57 Å². The maximum atomic E-state index is 3.70. The van der Waals surface area contributed by atoms with Crippen molar-refractivity contribution < 1.29 is 0 Å². The molecule has 0 radical (unpaired) electrons. The van der Waals surface area contributed by atoms with Crippen molar-refractivity contribution in [2.75, 3.05) is 0 Å². The summed E-state index contributed by atoms with van der Waals surface area (Å²) in [5.41, 5.74) is 0. The van der Waals surface area contributed by atoms with Crippen molar-refractivity contribution in [2.24, 2.45) is 0 Å². The molecule has 0 saturated carbocycles. The minimum Gasteiger partial charge on any atom is -0.348 e. The fourth-order valence-corrected chi connectivity index (χ4v) is 0.741. The van der Waals surface area contributed by atoms with E-state index in [1.807, 2.05) is 30.6 Å². The lowest BCUT2D eigenvalue weighted by Gasteiger charge is -2.05. The number of nitrogens with zero attached hydrogens (tertiary/aromatic N) is 1. The van der Waals surface area contributed by atoms with E-state index in [9.17, 15) is 0 Å². The van der Waals surface area contributed by atoms with Crippen molar-refractivity contribution in [3.8, 4) is 0 Å². The van der Waals surface area contributed by atoms with Crippen LogP contribution in [0.3, 0.4) is 0 Å². The SMILES string of the molecule is C=C[C@H](C)n1cccc1. The van der Waals surface area contributed by atoms with E-state index in [4.69, 9.17) is 0 Å². The summed E-state index contributed by atoms with van der Waals surface area (Å²) in [6, 6.07) is 4.44. The minimum atomic E-state index is 0.417. The van der Waals surface area contributed by atoms with E-state index in [1.54, 1.807) is 0 Å². The zero-order valence-corrected chi connectivity index (χ0v) is 5.62. The monoisotopic (exact) mass is 121 g/mol. The fraction of sp³-hybridized carbons (Fsp3) is 0.250. The van der Waals surface area contributed by atoms with Gasteiger partial charge in [0.25, 0.3) is 0 Å². The van der Waals surface area contributed by atoms with E-state index in [0.717, 1.165) is 0 Å². The highest BCUT2D eigenvalue weighted by Gasteiger charge is 1.92. The number of hydrogen-bond donors (Lipinski definition) is 0. The zero-order valence-electron chi connectivity index (χ0n) is 5.62. The summed E-state index contributed by atoms with van der Waals surface area (Å²) in [5, 5.41) is 0. The third kappa shape index (κ3) is 1.22. The van der Waals surface area contributed by atoms with E-state index in [-0.39, 0.29) is 0 Å². The van der Waals surface area contributed by atoms with Gasteiger partial charge in [-0.1, -0.05) is 6.08 Å². The Morgan fingerprint density at radius 1 is 1.44 bits per heavy atom. The second-order valence-electron chi connectivity index (χ2n) is 2.11. The topological polar surface area (TPSA) is 4.93 Å². The molecule has 48 valence electrons. The predicted octanol–water partition coefficient (Wildman–Crippen LogP) is 2.24. The Hall–Kier alpha value is -0.980. The minimum absolute atomic E-state index is 0.417. The summed E-state index contributed by atoms with van der Waals surface area (Å²) in [6.07, 6.45) is 5.98. The molecule has 1 atom stereocenters. The van der Waals surface area contributed by atoms with E-state index >= 15 is 0 Å². The first-order valence-electron chi connectivity index (χ1n) is 3.09. The molecule has 0 N–H and O–H groups in total. The van der Waals surface area contributed by atoms with Gasteiger partial charge >= 0.3 is 0 Å². The van der Waals surface area contributed by atoms with Crippen molar-refractivity contribution in [1.29, 1.82) is 0 Å². The smallest absolute Gasteiger partial charge is 0.0479 e. The van der Waals surface area contributed by atoms with Crippen molar-refractivity contribution >= 4 is 0 Å². The molecule has 0 saturated heterocycles. The summed E-state index contributed by atoms with van der Waals surface area (Å²) in [7, 11) is 0. The lowest BCUT2D eigenvalue weighted by Crippen LogP contribution is -1.96. The molecular weight excluding hydrogens is 110 g/mol. The van der Waals surface area contributed by atoms with Crippen LogP contribution >= 0.6 is 0 Å². The predicted molar refractivity (Wildman–Crippen MR) is 39.3 cm³/mol. The van der Waals surface area contributed by atoms with Gasteiger partial charge in [0.15, 0.2) is 0 Å². The highest BCUT2D eigenvalue weighted by atomic mass is 15.0. The number of aromatic nitrogens is 1. The highest BCUT2D eigenvalue weighted by molar-refractivity contribution is 4.95. The average Bonchev–Trinajstić information content (AvgIpc) is 2.37. The Balaban J connectivity index is 2.76. The Kier molecular flexibility index (Phi) is 1.73. The molecule has 0 amide bonds. The molecule has 0 aromatic carbocycles. The Morgan fingerprint density at radius 3 is 2.44 bits per heavy atom. The summed E-state index contributed by atoms with van der Waals surface area (Å²) < 4.78 is 2.10. The number of hydrogen-bond acceptors (Lipinski definition) is 0. The lowest BCUT2D eigenvalue weighted by molar-refractivity contribution is 0.666. The first-order valence-corrected chi connectivity index (χ1v) is 3.09. The molecule has 0 spiro atoms. The first kappa shape index (κ1) is 6.14. The van der Waals surface area contributed by atoms with Gasteiger partial charge in [-0.15, -0.1) is 6.58 Å². The van der Waals surface area contributed by atoms with Crippen LogP contribution in [0.4, 0.5) is 0 Å². The maximum Gasteiger partial charge on any atom is 0.0479 e. The van der Waals surface area contributed by atoms with Gasteiger partial charge in [-0.2, -0.15) is 0 Å². The molecule has 1 nitrogen and oxygen atoms in total. The molecule has 0 fully saturated rings. The molecule has 0 aliphatic heterocycles. The average molecular weight is 121 g/mol. The fourth-order valence-electron chi connectivity index (χ4n) is 0.741. The van der Waals surface area contributed by atoms with Crippen molar-refractivity contribution in [2.45, 2.75) is 13.0 Å². The van der Waals surface area contributed by atoms with Crippen LogP contribution in [0.5, 0.6) is 0 Å². The van der Waals surface area contributed by atoms with Crippen LogP contribution in [0, 0.1) is 0 Å². The quantitative estimate of drug-likeness (QED) is 0.529. The molecule has 1 aromatic rings. The highest BCUT2D eigenvalue weighted by Crippen LogP contribution is 2.04. The number of rotatable bonds is 2.